The quantitative estimate of drug-likeness (QED) is 0.263. The maximum Gasteiger partial charge on any atom is 0.316 e. The van der Waals surface area contributed by atoms with Crippen molar-refractivity contribution in [2.24, 2.45) is 5.92 Å². The SMILES string of the molecule is [B]C([B])([B])NC(=O)c1nnc(NC(=O)C2CC2)cc1Nc1cccc(-c2noc(C(=O)N3CCS(=O)(=O)CC3)n2)c1OC. The molecule has 15 nitrogen and oxygen atoms in total. The third-order valence-corrected chi connectivity index (χ3v) is 8.12. The molecule has 0 bridgehead atoms. The van der Waals surface area contributed by atoms with Crippen molar-refractivity contribution in [2.45, 2.75) is 18.1 Å². The van der Waals surface area contributed by atoms with Crippen molar-refractivity contribution in [2.75, 3.05) is 42.3 Å². The highest BCUT2D eigenvalue weighted by Gasteiger charge is 2.31. The van der Waals surface area contributed by atoms with Crippen molar-refractivity contribution < 1.29 is 32.1 Å². The van der Waals surface area contributed by atoms with E-state index in [4.69, 9.17) is 32.8 Å². The molecule has 1 saturated carbocycles. The van der Waals surface area contributed by atoms with Gasteiger partial charge in [0.1, 0.15) is 0 Å². The normalized spacial score (nSPS) is 16.3. The van der Waals surface area contributed by atoms with Gasteiger partial charge < -0.3 is 30.1 Å². The van der Waals surface area contributed by atoms with Crippen LogP contribution in [-0.4, -0.2) is 112 Å². The lowest BCUT2D eigenvalue weighted by atomic mass is 9.49. The molecule has 1 aliphatic heterocycles. The first-order valence-corrected chi connectivity index (χ1v) is 14.8. The largest absolute Gasteiger partial charge is 0.494 e. The van der Waals surface area contributed by atoms with Gasteiger partial charge in [-0.1, -0.05) is 16.5 Å². The number of carbonyl (C=O) groups is 3. The van der Waals surface area contributed by atoms with E-state index in [0.717, 1.165) is 12.8 Å². The molecule has 1 aliphatic carbocycles. The summed E-state index contributed by atoms with van der Waals surface area (Å²) in [5, 5.41) is 17.6. The average molecular weight is 600 g/mol. The smallest absolute Gasteiger partial charge is 0.316 e. The number of ether oxygens (including phenoxy) is 1. The van der Waals surface area contributed by atoms with Crippen LogP contribution in [0, 0.1) is 5.92 Å². The number of nitrogens with zero attached hydrogens (tertiary/aromatic N) is 5. The number of amides is 3. The van der Waals surface area contributed by atoms with E-state index in [9.17, 15) is 22.8 Å². The number of carbonyl (C=O) groups excluding carboxylic acids is 3. The number of anilines is 3. The van der Waals surface area contributed by atoms with Crippen LogP contribution >= 0.6 is 0 Å². The van der Waals surface area contributed by atoms with Crippen LogP contribution in [0.2, 0.25) is 0 Å². The zero-order chi connectivity index (χ0) is 30.9. The van der Waals surface area contributed by atoms with Crippen LogP contribution in [0.25, 0.3) is 11.4 Å². The van der Waals surface area contributed by atoms with Crippen LogP contribution in [0.3, 0.4) is 0 Å². The molecule has 5 rings (SSSR count). The highest BCUT2D eigenvalue weighted by Crippen LogP contribution is 2.37. The second-order valence-corrected chi connectivity index (χ2v) is 12.3. The summed E-state index contributed by atoms with van der Waals surface area (Å²) in [6, 6.07) is 6.25. The zero-order valence-electron chi connectivity index (χ0n) is 22.9. The van der Waals surface area contributed by atoms with Gasteiger partial charge in [-0.25, -0.2) is 8.42 Å². The van der Waals surface area contributed by atoms with Crippen molar-refractivity contribution in [3.8, 4) is 17.1 Å². The van der Waals surface area contributed by atoms with Gasteiger partial charge in [0, 0.05) is 25.1 Å². The number of rotatable bonds is 9. The topological polar surface area (TPSA) is 199 Å². The van der Waals surface area contributed by atoms with Gasteiger partial charge in [0.15, 0.2) is 27.1 Å². The Labute approximate surface area is 250 Å². The fourth-order valence-corrected chi connectivity index (χ4v) is 5.39. The monoisotopic (exact) mass is 600 g/mol. The number of aromatic nitrogens is 4. The van der Waals surface area contributed by atoms with Gasteiger partial charge in [0.25, 0.3) is 5.91 Å². The summed E-state index contributed by atoms with van der Waals surface area (Å²) in [4.78, 5) is 43.6. The molecule has 2 fully saturated rings. The summed E-state index contributed by atoms with van der Waals surface area (Å²) in [5.74, 6) is -2.13. The Morgan fingerprint density at radius 3 is 2.47 bits per heavy atom. The van der Waals surface area contributed by atoms with Gasteiger partial charge in [0.05, 0.1) is 59.1 Å². The van der Waals surface area contributed by atoms with E-state index in [1.54, 1.807) is 18.2 Å². The van der Waals surface area contributed by atoms with Crippen molar-refractivity contribution in [3.05, 3.63) is 35.9 Å². The van der Waals surface area contributed by atoms with Crippen molar-refractivity contribution in [1.29, 1.82) is 0 Å². The molecule has 43 heavy (non-hydrogen) atoms. The van der Waals surface area contributed by atoms with Crippen molar-refractivity contribution in [3.63, 3.8) is 0 Å². The van der Waals surface area contributed by atoms with Crippen molar-refractivity contribution >= 4 is 68.3 Å². The fourth-order valence-electron chi connectivity index (χ4n) is 4.19. The Bertz CT molecular complexity index is 1680. The minimum Gasteiger partial charge on any atom is -0.494 e. The van der Waals surface area contributed by atoms with Gasteiger partial charge >= 0.3 is 11.8 Å². The number of para-hydroxylation sites is 1. The highest BCUT2D eigenvalue weighted by atomic mass is 32.2. The number of nitrogens with one attached hydrogen (secondary N) is 3. The minimum absolute atomic E-state index is 0.0101. The van der Waals surface area contributed by atoms with Crippen LogP contribution < -0.4 is 20.7 Å². The molecular weight excluding hydrogens is 577 g/mol. The number of hydrogen-bond donors (Lipinski definition) is 3. The van der Waals surface area contributed by atoms with Crippen LogP contribution in [0.15, 0.2) is 28.8 Å². The van der Waals surface area contributed by atoms with Gasteiger partial charge in [-0.2, -0.15) is 4.98 Å². The van der Waals surface area contributed by atoms with Gasteiger partial charge in [-0.15, -0.1) is 10.2 Å². The van der Waals surface area contributed by atoms with Gasteiger partial charge in [-0.3, -0.25) is 14.4 Å². The molecule has 6 radical (unpaired) electrons. The molecular formula is C24H23B3N8O7S. The second-order valence-electron chi connectivity index (χ2n) is 10.0. The summed E-state index contributed by atoms with van der Waals surface area (Å²) in [6.07, 6.45) is 1.54. The molecule has 0 unspecified atom stereocenters. The summed E-state index contributed by atoms with van der Waals surface area (Å²) in [6.45, 7) is 0.0281. The maximum absolute atomic E-state index is 12.9. The fraction of sp³-hybridized carbons (Fsp3) is 0.375. The Morgan fingerprint density at radius 1 is 1.09 bits per heavy atom. The lowest BCUT2D eigenvalue weighted by Crippen LogP contribution is -2.50. The molecule has 216 valence electrons. The first-order valence-electron chi connectivity index (χ1n) is 13.0. The third kappa shape index (κ3) is 7.15. The molecule has 3 amide bonds. The zero-order valence-corrected chi connectivity index (χ0v) is 23.7. The van der Waals surface area contributed by atoms with E-state index in [1.807, 2.05) is 0 Å². The summed E-state index contributed by atoms with van der Waals surface area (Å²) < 4.78 is 34.2. The van der Waals surface area contributed by atoms with Crippen LogP contribution in [0.4, 0.5) is 17.2 Å². The number of sulfone groups is 1. The molecule has 0 spiro atoms. The van der Waals surface area contributed by atoms with Crippen LogP contribution in [0.5, 0.6) is 5.75 Å². The molecule has 2 aromatic heterocycles. The van der Waals surface area contributed by atoms with E-state index in [1.165, 1.54) is 18.1 Å². The van der Waals surface area contributed by atoms with E-state index in [-0.39, 0.29) is 71.1 Å². The molecule has 3 heterocycles. The molecule has 2 aliphatic rings. The first kappa shape index (κ1) is 30.1. The van der Waals surface area contributed by atoms with E-state index >= 15 is 0 Å². The maximum atomic E-state index is 12.9. The number of methoxy groups -OCH3 is 1. The predicted octanol–water partition coefficient (Wildman–Crippen LogP) is -0.655. The van der Waals surface area contributed by atoms with Gasteiger partial charge in [-0.05, 0) is 25.0 Å². The molecule has 1 saturated heterocycles. The lowest BCUT2D eigenvalue weighted by Gasteiger charge is -2.25. The number of benzene rings is 1. The average Bonchev–Trinajstić information content (AvgIpc) is 3.68. The predicted molar refractivity (Wildman–Crippen MR) is 155 cm³/mol. The Balaban J connectivity index is 1.44. The molecule has 3 N–H and O–H groups in total. The number of hydrogen-bond acceptors (Lipinski definition) is 12. The molecule has 0 atom stereocenters. The minimum atomic E-state index is -3.19. The van der Waals surface area contributed by atoms with Crippen molar-refractivity contribution in [1.82, 2.24) is 30.6 Å². The molecule has 1 aromatic carbocycles. The summed E-state index contributed by atoms with van der Waals surface area (Å²) in [5.41, 5.74) is 0.456. The summed E-state index contributed by atoms with van der Waals surface area (Å²) in [7, 11) is 14.8. The highest BCUT2D eigenvalue weighted by molar-refractivity contribution is 7.91. The Morgan fingerprint density at radius 2 is 1.81 bits per heavy atom. The standard InChI is InChI=1S/C24H23B3N8O7S/c1-41-18-13(19-30-22(42-34-19)23(38)35-7-9-43(39,40)10-8-35)3-2-4-14(18)28-15-11-16(29-20(36)12-5-6-12)32-33-17(15)21(37)31-24(25,26)27/h2-4,11-12H,5-10H2,1H3,(H,31,37)(H2,28,29,32,36). The van der Waals surface area contributed by atoms with E-state index < -0.39 is 26.9 Å². The van der Waals surface area contributed by atoms with E-state index in [0.29, 0.717) is 11.3 Å². The van der Waals surface area contributed by atoms with Gasteiger partial charge in [0.2, 0.25) is 11.7 Å². The third-order valence-electron chi connectivity index (χ3n) is 6.51. The molecule has 3 aromatic rings. The lowest BCUT2D eigenvalue weighted by molar-refractivity contribution is -0.117. The summed E-state index contributed by atoms with van der Waals surface area (Å²) >= 11 is 0. The Hall–Kier alpha value is -4.41. The van der Waals surface area contributed by atoms with Crippen LogP contribution in [0.1, 0.15) is 34.0 Å². The van der Waals surface area contributed by atoms with Crippen LogP contribution in [-0.2, 0) is 14.6 Å². The Kier molecular flexibility index (Phi) is 8.18. The first-order chi connectivity index (χ1) is 20.3. The molecule has 19 heteroatoms. The van der Waals surface area contributed by atoms with E-state index in [2.05, 4.69) is 36.3 Å². The second kappa shape index (κ2) is 11.7.